The number of alkyl halides is 3. The van der Waals surface area contributed by atoms with Crippen LogP contribution in [0.15, 0.2) is 0 Å². The number of rotatable bonds is 7. The summed E-state index contributed by atoms with van der Waals surface area (Å²) in [7, 11) is 0. The smallest absolute Gasteiger partial charge is 0.379 e. The third-order valence-corrected chi connectivity index (χ3v) is 2.85. The molecule has 1 fully saturated rings. The maximum absolute atomic E-state index is 11.9. The van der Waals surface area contributed by atoms with Crippen molar-refractivity contribution in [3.8, 4) is 0 Å². The van der Waals surface area contributed by atoms with E-state index < -0.39 is 12.6 Å². The first-order valence-electron chi connectivity index (χ1n) is 6.11. The van der Waals surface area contributed by atoms with Crippen molar-refractivity contribution in [2.24, 2.45) is 5.92 Å². The number of halogens is 3. The van der Waals surface area contributed by atoms with Crippen LogP contribution in [0.1, 0.15) is 19.8 Å². The van der Waals surface area contributed by atoms with Gasteiger partial charge in [0.2, 0.25) is 0 Å². The molecule has 2 unspecified atom stereocenters. The highest BCUT2D eigenvalue weighted by atomic mass is 19.4. The first-order valence-corrected chi connectivity index (χ1v) is 6.11. The van der Waals surface area contributed by atoms with Crippen molar-refractivity contribution in [2.45, 2.75) is 32.0 Å². The summed E-state index contributed by atoms with van der Waals surface area (Å²) < 4.78 is 41.1. The molecule has 1 aliphatic heterocycles. The summed E-state index contributed by atoms with van der Waals surface area (Å²) in [5.74, 6) is 0.273. The van der Waals surface area contributed by atoms with Crippen LogP contribution in [0.3, 0.4) is 0 Å². The summed E-state index contributed by atoms with van der Waals surface area (Å²) in [4.78, 5) is 0. The Balaban J connectivity index is 2.13. The van der Waals surface area contributed by atoms with Gasteiger partial charge in [-0.05, 0) is 13.0 Å². The highest BCUT2D eigenvalue weighted by Crippen LogP contribution is 2.18. The quantitative estimate of drug-likeness (QED) is 0.676. The molecule has 3 nitrogen and oxygen atoms in total. The Labute approximate surface area is 100 Å². The van der Waals surface area contributed by atoms with E-state index in [0.717, 1.165) is 13.0 Å². The van der Waals surface area contributed by atoms with Gasteiger partial charge >= 0.3 is 6.18 Å². The van der Waals surface area contributed by atoms with Crippen LogP contribution in [-0.2, 0) is 4.74 Å². The van der Waals surface area contributed by atoms with Gasteiger partial charge in [-0.1, -0.05) is 6.92 Å². The lowest BCUT2D eigenvalue weighted by atomic mass is 10.0. The molecule has 1 rings (SSSR count). The Morgan fingerprint density at radius 2 is 2.00 bits per heavy atom. The molecule has 0 aliphatic carbocycles. The molecule has 102 valence electrons. The van der Waals surface area contributed by atoms with Gasteiger partial charge in [-0.15, -0.1) is 0 Å². The lowest BCUT2D eigenvalue weighted by molar-refractivity contribution is -0.133. The molecular weight excluding hydrogens is 233 g/mol. The van der Waals surface area contributed by atoms with Gasteiger partial charge in [0.15, 0.2) is 0 Å². The van der Waals surface area contributed by atoms with Crippen molar-refractivity contribution in [2.75, 3.05) is 32.8 Å². The molecule has 17 heavy (non-hydrogen) atoms. The Bertz CT molecular complexity index is 211. The maximum Gasteiger partial charge on any atom is 0.390 e. The number of nitrogens with one attached hydrogen (secondary N) is 2. The fourth-order valence-corrected chi connectivity index (χ4v) is 1.87. The van der Waals surface area contributed by atoms with Gasteiger partial charge in [-0.2, -0.15) is 13.2 Å². The van der Waals surface area contributed by atoms with E-state index in [1.807, 2.05) is 0 Å². The summed E-state index contributed by atoms with van der Waals surface area (Å²) in [5.41, 5.74) is 0. The van der Waals surface area contributed by atoms with Gasteiger partial charge < -0.3 is 15.4 Å². The zero-order chi connectivity index (χ0) is 12.7. The van der Waals surface area contributed by atoms with Crippen LogP contribution < -0.4 is 10.6 Å². The van der Waals surface area contributed by atoms with Crippen molar-refractivity contribution in [3.05, 3.63) is 0 Å². The van der Waals surface area contributed by atoms with E-state index in [4.69, 9.17) is 4.74 Å². The van der Waals surface area contributed by atoms with Crippen LogP contribution >= 0.6 is 0 Å². The van der Waals surface area contributed by atoms with Gasteiger partial charge in [0.05, 0.1) is 19.6 Å². The number of hydrogen-bond donors (Lipinski definition) is 2. The molecule has 0 amide bonds. The van der Waals surface area contributed by atoms with Crippen LogP contribution in [0.25, 0.3) is 0 Å². The van der Waals surface area contributed by atoms with Crippen molar-refractivity contribution in [1.82, 2.24) is 10.6 Å². The normalized spacial score (nSPS) is 25.4. The van der Waals surface area contributed by atoms with E-state index in [1.54, 1.807) is 0 Å². The first-order chi connectivity index (χ1) is 8.03. The third-order valence-electron chi connectivity index (χ3n) is 2.85. The average molecular weight is 254 g/mol. The van der Waals surface area contributed by atoms with E-state index in [9.17, 15) is 13.2 Å². The largest absolute Gasteiger partial charge is 0.390 e. The fourth-order valence-electron chi connectivity index (χ4n) is 1.87. The Morgan fingerprint density at radius 1 is 1.24 bits per heavy atom. The van der Waals surface area contributed by atoms with Crippen molar-refractivity contribution in [3.63, 3.8) is 0 Å². The SMILES string of the molecule is CCCNC1COCC1CNCCC(F)(F)F. The minimum Gasteiger partial charge on any atom is -0.379 e. The zero-order valence-corrected chi connectivity index (χ0v) is 10.1. The fraction of sp³-hybridized carbons (Fsp3) is 1.00. The van der Waals surface area contributed by atoms with Crippen molar-refractivity contribution >= 4 is 0 Å². The highest BCUT2D eigenvalue weighted by Gasteiger charge is 2.29. The zero-order valence-electron chi connectivity index (χ0n) is 10.1. The molecule has 1 aliphatic rings. The van der Waals surface area contributed by atoms with Crippen LogP contribution in [0.5, 0.6) is 0 Å². The standard InChI is InChI=1S/C11H21F3N2O/c1-2-4-16-10-8-17-7-9(10)6-15-5-3-11(12,13)14/h9-10,15-16H,2-8H2,1H3. The van der Waals surface area contributed by atoms with Crippen LogP contribution in [0, 0.1) is 5.92 Å². The van der Waals surface area contributed by atoms with Gasteiger partial charge in [0.25, 0.3) is 0 Å². The minimum absolute atomic E-state index is 0.0134. The Morgan fingerprint density at radius 3 is 2.65 bits per heavy atom. The van der Waals surface area contributed by atoms with Gasteiger partial charge in [-0.25, -0.2) is 0 Å². The van der Waals surface area contributed by atoms with Crippen LogP contribution in [-0.4, -0.2) is 45.1 Å². The summed E-state index contributed by atoms with van der Waals surface area (Å²) in [5, 5.41) is 6.20. The van der Waals surface area contributed by atoms with Gasteiger partial charge in [-0.3, -0.25) is 0 Å². The molecule has 0 radical (unpaired) electrons. The molecule has 0 aromatic heterocycles. The van der Waals surface area contributed by atoms with Crippen LogP contribution in [0.2, 0.25) is 0 Å². The topological polar surface area (TPSA) is 33.3 Å². The maximum atomic E-state index is 11.9. The number of ether oxygens (including phenoxy) is 1. The highest BCUT2D eigenvalue weighted by molar-refractivity contribution is 4.82. The van der Waals surface area contributed by atoms with E-state index >= 15 is 0 Å². The molecule has 6 heteroatoms. The molecule has 2 atom stereocenters. The second kappa shape index (κ2) is 7.18. The molecule has 1 heterocycles. The predicted molar refractivity (Wildman–Crippen MR) is 59.9 cm³/mol. The summed E-state index contributed by atoms with van der Waals surface area (Å²) >= 11 is 0. The van der Waals surface area contributed by atoms with Crippen molar-refractivity contribution < 1.29 is 17.9 Å². The minimum atomic E-state index is -4.07. The molecule has 0 spiro atoms. The molecule has 0 saturated carbocycles. The predicted octanol–water partition coefficient (Wildman–Crippen LogP) is 1.54. The molecule has 0 aromatic carbocycles. The third kappa shape index (κ3) is 6.24. The average Bonchev–Trinajstić information content (AvgIpc) is 2.67. The van der Waals surface area contributed by atoms with Crippen LogP contribution in [0.4, 0.5) is 13.2 Å². The number of hydrogen-bond acceptors (Lipinski definition) is 3. The lowest BCUT2D eigenvalue weighted by Crippen LogP contribution is -2.41. The van der Waals surface area contributed by atoms with E-state index in [0.29, 0.717) is 19.8 Å². The second-order valence-electron chi connectivity index (χ2n) is 4.43. The molecule has 0 aromatic rings. The summed E-state index contributed by atoms with van der Waals surface area (Å²) in [6.07, 6.45) is -3.79. The molecule has 0 bridgehead atoms. The summed E-state index contributed by atoms with van der Waals surface area (Å²) in [6, 6.07) is 0.272. The molecule has 1 saturated heterocycles. The molecule has 2 N–H and O–H groups in total. The van der Waals surface area contributed by atoms with Crippen molar-refractivity contribution in [1.29, 1.82) is 0 Å². The van der Waals surface area contributed by atoms with Gasteiger partial charge in [0.1, 0.15) is 0 Å². The van der Waals surface area contributed by atoms with E-state index in [-0.39, 0.29) is 18.5 Å². The monoisotopic (exact) mass is 254 g/mol. The first kappa shape index (κ1) is 14.7. The van der Waals surface area contributed by atoms with Gasteiger partial charge in [0, 0.05) is 25.0 Å². The van der Waals surface area contributed by atoms with E-state index in [1.165, 1.54) is 0 Å². The lowest BCUT2D eigenvalue weighted by Gasteiger charge is -2.19. The van der Waals surface area contributed by atoms with E-state index in [2.05, 4.69) is 17.6 Å². The second-order valence-corrected chi connectivity index (χ2v) is 4.43. The Hall–Kier alpha value is -0.330. The Kier molecular flexibility index (Phi) is 6.22. The molecular formula is C11H21F3N2O. The summed E-state index contributed by atoms with van der Waals surface area (Å²) in [6.45, 7) is 4.86.